The van der Waals surface area contributed by atoms with Crippen LogP contribution < -0.4 is 14.8 Å². The number of hydrogen-bond donors (Lipinski definition) is 2. The molecule has 3 aliphatic rings. The van der Waals surface area contributed by atoms with Crippen LogP contribution in [0.1, 0.15) is 31.2 Å². The first-order valence-corrected chi connectivity index (χ1v) is 9.28. The molecule has 6 heteroatoms. The Morgan fingerprint density at radius 1 is 1.16 bits per heavy atom. The normalized spacial score (nSPS) is 22.4. The minimum Gasteiger partial charge on any atom is -0.486 e. The third-order valence-electron chi connectivity index (χ3n) is 5.28. The maximum absolute atomic E-state index is 12.0. The van der Waals surface area contributed by atoms with Gasteiger partial charge in [-0.15, -0.1) is 0 Å². The van der Waals surface area contributed by atoms with E-state index >= 15 is 0 Å². The van der Waals surface area contributed by atoms with Gasteiger partial charge in [-0.3, -0.25) is 9.69 Å². The number of benzene rings is 1. The van der Waals surface area contributed by atoms with Gasteiger partial charge in [0.25, 0.3) is 0 Å². The summed E-state index contributed by atoms with van der Waals surface area (Å²) in [7, 11) is 0. The lowest BCUT2D eigenvalue weighted by atomic mass is 9.90. The third-order valence-corrected chi connectivity index (χ3v) is 5.28. The maximum Gasteiger partial charge on any atom is 0.249 e. The van der Waals surface area contributed by atoms with E-state index in [1.807, 2.05) is 6.07 Å². The van der Waals surface area contributed by atoms with E-state index in [1.165, 1.54) is 5.56 Å². The van der Waals surface area contributed by atoms with E-state index in [4.69, 9.17) is 9.47 Å². The van der Waals surface area contributed by atoms with Crippen LogP contribution in [0.3, 0.4) is 0 Å². The molecule has 0 spiro atoms. The molecule has 1 saturated heterocycles. The summed E-state index contributed by atoms with van der Waals surface area (Å²) < 4.78 is 11.2. The summed E-state index contributed by atoms with van der Waals surface area (Å²) in [6.07, 6.45) is 2.93. The second-order valence-electron chi connectivity index (χ2n) is 7.32. The summed E-state index contributed by atoms with van der Waals surface area (Å²) in [4.78, 5) is 14.4. The molecule has 1 amide bonds. The Morgan fingerprint density at radius 3 is 2.60 bits per heavy atom. The number of aliphatic hydroxyl groups is 1. The van der Waals surface area contributed by atoms with E-state index in [9.17, 15) is 9.90 Å². The number of carbonyl (C=O) groups is 1. The predicted molar refractivity (Wildman–Crippen MR) is 92.6 cm³/mol. The zero-order valence-corrected chi connectivity index (χ0v) is 14.4. The molecule has 1 unspecified atom stereocenters. The fraction of sp³-hybridized carbons (Fsp3) is 0.632. The second kappa shape index (κ2) is 7.22. The molecule has 25 heavy (non-hydrogen) atoms. The number of aliphatic hydroxyl groups excluding tert-OH is 1. The Kier molecular flexibility index (Phi) is 4.81. The Morgan fingerprint density at radius 2 is 1.88 bits per heavy atom. The first-order valence-electron chi connectivity index (χ1n) is 9.28. The monoisotopic (exact) mass is 346 g/mol. The van der Waals surface area contributed by atoms with Crippen LogP contribution in [-0.4, -0.2) is 54.4 Å². The number of ether oxygens (including phenoxy) is 2. The molecule has 1 aromatic carbocycles. The lowest BCUT2D eigenvalue weighted by Crippen LogP contribution is -2.44. The van der Waals surface area contributed by atoms with E-state index in [1.54, 1.807) is 0 Å². The first kappa shape index (κ1) is 16.7. The summed E-state index contributed by atoms with van der Waals surface area (Å²) in [5.41, 5.74) is 1.20. The molecule has 2 fully saturated rings. The summed E-state index contributed by atoms with van der Waals surface area (Å²) >= 11 is 0. The average Bonchev–Trinajstić information content (AvgIpc) is 3.45. The van der Waals surface area contributed by atoms with Crippen LogP contribution in [0.2, 0.25) is 0 Å². The van der Waals surface area contributed by atoms with Crippen molar-refractivity contribution in [2.24, 2.45) is 5.92 Å². The zero-order chi connectivity index (χ0) is 17.2. The van der Waals surface area contributed by atoms with Gasteiger partial charge in [0.1, 0.15) is 19.3 Å². The molecular formula is C19H26N2O4. The summed E-state index contributed by atoms with van der Waals surface area (Å²) in [5, 5.41) is 13.2. The van der Waals surface area contributed by atoms with Gasteiger partial charge in [0.2, 0.25) is 5.91 Å². The maximum atomic E-state index is 12.0. The molecule has 2 aliphatic heterocycles. The zero-order valence-electron chi connectivity index (χ0n) is 14.4. The van der Waals surface area contributed by atoms with Crippen LogP contribution in [0, 0.1) is 5.92 Å². The smallest absolute Gasteiger partial charge is 0.249 e. The largest absolute Gasteiger partial charge is 0.486 e. The van der Waals surface area contributed by atoms with Crippen LogP contribution in [-0.2, 0) is 11.3 Å². The number of nitrogens with one attached hydrogen (secondary N) is 1. The topological polar surface area (TPSA) is 71.0 Å². The van der Waals surface area contributed by atoms with Gasteiger partial charge in [-0.05, 0) is 62.4 Å². The molecule has 1 aromatic rings. The van der Waals surface area contributed by atoms with Crippen molar-refractivity contribution in [1.29, 1.82) is 0 Å². The number of piperidine rings is 1. The number of hydrogen-bond acceptors (Lipinski definition) is 5. The van der Waals surface area contributed by atoms with Crippen molar-refractivity contribution in [3.63, 3.8) is 0 Å². The van der Waals surface area contributed by atoms with Crippen molar-refractivity contribution in [3.05, 3.63) is 23.8 Å². The molecule has 1 saturated carbocycles. The average molecular weight is 346 g/mol. The Bertz CT molecular complexity index is 624. The fourth-order valence-corrected chi connectivity index (χ4v) is 3.60. The number of amides is 1. The van der Waals surface area contributed by atoms with E-state index in [0.29, 0.717) is 19.3 Å². The van der Waals surface area contributed by atoms with Gasteiger partial charge < -0.3 is 19.9 Å². The molecule has 136 valence electrons. The van der Waals surface area contributed by atoms with Crippen molar-refractivity contribution in [2.45, 2.75) is 44.4 Å². The van der Waals surface area contributed by atoms with Gasteiger partial charge >= 0.3 is 0 Å². The standard InChI is InChI=1S/C19H26N2O4/c22-18(19(23)20-15-2-3-15)14-5-7-21(8-6-14)12-13-1-4-16-17(11-13)25-10-9-24-16/h1,4,11,14-15,18,22H,2-3,5-10,12H2,(H,20,23). The molecule has 1 aliphatic carbocycles. The van der Waals surface area contributed by atoms with Crippen LogP contribution in [0.5, 0.6) is 11.5 Å². The van der Waals surface area contributed by atoms with E-state index in [-0.39, 0.29) is 11.8 Å². The Balaban J connectivity index is 1.27. The molecule has 4 rings (SSSR count). The molecule has 0 bridgehead atoms. The number of rotatable bonds is 5. The van der Waals surface area contributed by atoms with E-state index in [0.717, 1.165) is 56.8 Å². The van der Waals surface area contributed by atoms with Crippen molar-refractivity contribution in [3.8, 4) is 11.5 Å². The number of likely N-dealkylation sites (tertiary alicyclic amines) is 1. The lowest BCUT2D eigenvalue weighted by molar-refractivity contribution is -0.133. The van der Waals surface area contributed by atoms with Crippen molar-refractivity contribution in [1.82, 2.24) is 10.2 Å². The minimum absolute atomic E-state index is 0.0651. The molecule has 0 radical (unpaired) electrons. The van der Waals surface area contributed by atoms with Gasteiger partial charge in [0.05, 0.1) is 0 Å². The highest BCUT2D eigenvalue weighted by Crippen LogP contribution is 2.31. The molecule has 0 aromatic heterocycles. The predicted octanol–water partition coefficient (Wildman–Crippen LogP) is 1.31. The third kappa shape index (κ3) is 4.07. The van der Waals surface area contributed by atoms with Crippen LogP contribution in [0.15, 0.2) is 18.2 Å². The van der Waals surface area contributed by atoms with Crippen molar-refractivity contribution >= 4 is 5.91 Å². The van der Waals surface area contributed by atoms with Gasteiger partial charge in [-0.1, -0.05) is 6.07 Å². The summed E-state index contributed by atoms with van der Waals surface area (Å²) in [6, 6.07) is 6.41. The molecular weight excluding hydrogens is 320 g/mol. The van der Waals surface area contributed by atoms with Gasteiger partial charge in [0, 0.05) is 12.6 Å². The second-order valence-corrected chi connectivity index (χ2v) is 7.32. The number of carbonyl (C=O) groups excluding carboxylic acids is 1. The number of nitrogens with zero attached hydrogens (tertiary/aromatic N) is 1. The summed E-state index contributed by atoms with van der Waals surface area (Å²) in [5.74, 6) is 1.52. The first-order chi connectivity index (χ1) is 12.2. The molecule has 2 heterocycles. The van der Waals surface area contributed by atoms with Crippen LogP contribution >= 0.6 is 0 Å². The van der Waals surface area contributed by atoms with Crippen LogP contribution in [0.25, 0.3) is 0 Å². The van der Waals surface area contributed by atoms with Gasteiger partial charge in [-0.25, -0.2) is 0 Å². The lowest BCUT2D eigenvalue weighted by Gasteiger charge is -2.34. The molecule has 1 atom stereocenters. The summed E-state index contributed by atoms with van der Waals surface area (Å²) in [6.45, 7) is 3.85. The van der Waals surface area contributed by atoms with E-state index < -0.39 is 6.10 Å². The highest BCUT2D eigenvalue weighted by Gasteiger charge is 2.33. The van der Waals surface area contributed by atoms with Crippen molar-refractivity contribution < 1.29 is 19.4 Å². The van der Waals surface area contributed by atoms with Crippen LogP contribution in [0.4, 0.5) is 0 Å². The van der Waals surface area contributed by atoms with E-state index in [2.05, 4.69) is 22.3 Å². The highest BCUT2D eigenvalue weighted by molar-refractivity contribution is 5.81. The SMILES string of the molecule is O=C(NC1CC1)C(O)C1CCN(Cc2ccc3c(c2)OCCO3)CC1. The molecule has 2 N–H and O–H groups in total. The Labute approximate surface area is 148 Å². The van der Waals surface area contributed by atoms with Gasteiger partial charge in [0.15, 0.2) is 11.5 Å². The molecule has 6 nitrogen and oxygen atoms in total. The minimum atomic E-state index is -0.864. The number of fused-ring (bicyclic) bond motifs is 1. The fourth-order valence-electron chi connectivity index (χ4n) is 3.60. The van der Waals surface area contributed by atoms with Gasteiger partial charge in [-0.2, -0.15) is 0 Å². The highest BCUT2D eigenvalue weighted by atomic mass is 16.6. The van der Waals surface area contributed by atoms with Crippen molar-refractivity contribution in [2.75, 3.05) is 26.3 Å². The quantitative estimate of drug-likeness (QED) is 0.841. The Hall–Kier alpha value is -1.79.